The highest BCUT2D eigenvalue weighted by Crippen LogP contribution is 2.23. The molecule has 0 atom stereocenters. The predicted octanol–water partition coefficient (Wildman–Crippen LogP) is 1.91. The van der Waals surface area contributed by atoms with Gasteiger partial charge in [-0.2, -0.15) is 0 Å². The van der Waals surface area contributed by atoms with Gasteiger partial charge in [-0.1, -0.05) is 25.7 Å². The number of rotatable bonds is 1. The standard InChI is InChI=1S/C8H15O/c9-7-8-5-3-1-2-4-6-8/h9H,1-7H2. The molecule has 0 heterocycles. The Labute approximate surface area is 57.1 Å². The maximum absolute atomic E-state index is 8.78. The monoisotopic (exact) mass is 127 g/mol. The Morgan fingerprint density at radius 3 is 2.00 bits per heavy atom. The van der Waals surface area contributed by atoms with Crippen molar-refractivity contribution >= 4 is 0 Å². The molecule has 0 aromatic heterocycles. The summed E-state index contributed by atoms with van der Waals surface area (Å²) in [5, 5.41) is 8.78. The van der Waals surface area contributed by atoms with Crippen molar-refractivity contribution in [2.75, 3.05) is 6.61 Å². The molecular formula is C8H15O. The van der Waals surface area contributed by atoms with Gasteiger partial charge < -0.3 is 5.11 Å². The zero-order chi connectivity index (χ0) is 6.53. The summed E-state index contributed by atoms with van der Waals surface area (Å²) in [5.74, 6) is 1.37. The first kappa shape index (κ1) is 7.07. The molecule has 1 rings (SSSR count). The molecule has 0 aromatic rings. The van der Waals surface area contributed by atoms with Gasteiger partial charge in [0.15, 0.2) is 0 Å². The Hall–Kier alpha value is -0.0400. The normalized spacial score (nSPS) is 23.7. The minimum absolute atomic E-state index is 0.333. The number of hydrogen-bond acceptors (Lipinski definition) is 1. The van der Waals surface area contributed by atoms with E-state index in [9.17, 15) is 0 Å². The van der Waals surface area contributed by atoms with Crippen LogP contribution in [-0.2, 0) is 0 Å². The summed E-state index contributed by atoms with van der Waals surface area (Å²) < 4.78 is 0. The molecule has 0 bridgehead atoms. The zero-order valence-corrected chi connectivity index (χ0v) is 5.90. The molecule has 1 heteroatoms. The zero-order valence-electron chi connectivity index (χ0n) is 5.90. The van der Waals surface area contributed by atoms with Crippen LogP contribution in [0.5, 0.6) is 0 Å². The van der Waals surface area contributed by atoms with E-state index in [4.69, 9.17) is 5.11 Å². The van der Waals surface area contributed by atoms with Crippen molar-refractivity contribution in [2.24, 2.45) is 0 Å². The maximum atomic E-state index is 8.78. The van der Waals surface area contributed by atoms with Gasteiger partial charge in [0.2, 0.25) is 0 Å². The summed E-state index contributed by atoms with van der Waals surface area (Å²) in [5.41, 5.74) is 0. The number of aliphatic hydroxyl groups is 1. The Bertz CT molecular complexity index is 63.0. The van der Waals surface area contributed by atoms with Crippen molar-refractivity contribution in [3.8, 4) is 0 Å². The SMILES string of the molecule is OC[C]1CCCCCC1. The molecule has 0 unspecified atom stereocenters. The second-order valence-electron chi connectivity index (χ2n) is 2.82. The summed E-state index contributed by atoms with van der Waals surface area (Å²) in [6.07, 6.45) is 7.69. The van der Waals surface area contributed by atoms with Crippen LogP contribution in [0.15, 0.2) is 0 Å². The molecule has 1 N–H and O–H groups in total. The highest BCUT2D eigenvalue weighted by molar-refractivity contribution is 4.89. The van der Waals surface area contributed by atoms with Gasteiger partial charge in [0.1, 0.15) is 0 Å². The molecule has 1 aliphatic rings. The molecule has 53 valence electrons. The molecule has 0 aromatic carbocycles. The van der Waals surface area contributed by atoms with Crippen LogP contribution in [0.25, 0.3) is 0 Å². The second kappa shape index (κ2) is 3.89. The quantitative estimate of drug-likeness (QED) is 0.533. The summed E-state index contributed by atoms with van der Waals surface area (Å²) in [4.78, 5) is 0. The molecular weight excluding hydrogens is 112 g/mol. The summed E-state index contributed by atoms with van der Waals surface area (Å²) in [6.45, 7) is 0.333. The van der Waals surface area contributed by atoms with E-state index < -0.39 is 0 Å². The highest BCUT2D eigenvalue weighted by atomic mass is 16.3. The van der Waals surface area contributed by atoms with Gasteiger partial charge in [-0.25, -0.2) is 0 Å². The average Bonchev–Trinajstić information content (AvgIpc) is 2.13. The third-order valence-electron chi connectivity index (χ3n) is 2.03. The fourth-order valence-electron chi connectivity index (χ4n) is 1.39. The molecule has 1 saturated carbocycles. The lowest BCUT2D eigenvalue weighted by Gasteiger charge is -2.06. The first-order valence-electron chi connectivity index (χ1n) is 3.88. The molecule has 9 heavy (non-hydrogen) atoms. The Morgan fingerprint density at radius 2 is 1.56 bits per heavy atom. The largest absolute Gasteiger partial charge is 0.396 e. The van der Waals surface area contributed by atoms with E-state index in [1.807, 2.05) is 0 Å². The topological polar surface area (TPSA) is 20.2 Å². The third kappa shape index (κ3) is 2.35. The van der Waals surface area contributed by atoms with Crippen molar-refractivity contribution < 1.29 is 5.11 Å². The van der Waals surface area contributed by atoms with Crippen molar-refractivity contribution in [1.82, 2.24) is 0 Å². The third-order valence-corrected chi connectivity index (χ3v) is 2.03. The second-order valence-corrected chi connectivity index (χ2v) is 2.82. The van der Waals surface area contributed by atoms with E-state index in [2.05, 4.69) is 0 Å². The Balaban J connectivity index is 2.18. The van der Waals surface area contributed by atoms with E-state index >= 15 is 0 Å². The van der Waals surface area contributed by atoms with Crippen LogP contribution in [0.1, 0.15) is 38.5 Å². The van der Waals surface area contributed by atoms with Gasteiger partial charge in [0, 0.05) is 12.5 Å². The molecule has 0 aliphatic heterocycles. The lowest BCUT2D eigenvalue weighted by atomic mass is 10.0. The highest BCUT2D eigenvalue weighted by Gasteiger charge is 2.10. The van der Waals surface area contributed by atoms with Crippen LogP contribution in [0.4, 0.5) is 0 Å². The van der Waals surface area contributed by atoms with E-state index in [-0.39, 0.29) is 0 Å². The van der Waals surface area contributed by atoms with Crippen LogP contribution in [-0.4, -0.2) is 11.7 Å². The van der Waals surface area contributed by atoms with Crippen LogP contribution >= 0.6 is 0 Å². The smallest absolute Gasteiger partial charge is 0.0493 e. The van der Waals surface area contributed by atoms with Crippen molar-refractivity contribution in [2.45, 2.75) is 38.5 Å². The maximum Gasteiger partial charge on any atom is 0.0493 e. The van der Waals surface area contributed by atoms with Gasteiger partial charge >= 0.3 is 0 Å². The molecule has 0 spiro atoms. The summed E-state index contributed by atoms with van der Waals surface area (Å²) in [6, 6.07) is 0. The van der Waals surface area contributed by atoms with Gasteiger partial charge in [0.25, 0.3) is 0 Å². The number of hydrogen-bond donors (Lipinski definition) is 1. The fourth-order valence-corrected chi connectivity index (χ4v) is 1.39. The first-order valence-corrected chi connectivity index (χ1v) is 3.88. The lowest BCUT2D eigenvalue weighted by Crippen LogP contribution is -2.00. The minimum atomic E-state index is 0.333. The average molecular weight is 127 g/mol. The van der Waals surface area contributed by atoms with E-state index in [0.29, 0.717) is 6.61 Å². The van der Waals surface area contributed by atoms with Crippen molar-refractivity contribution in [1.29, 1.82) is 0 Å². The summed E-state index contributed by atoms with van der Waals surface area (Å²) >= 11 is 0. The Morgan fingerprint density at radius 1 is 1.00 bits per heavy atom. The van der Waals surface area contributed by atoms with E-state index in [1.165, 1.54) is 44.4 Å². The number of aliphatic hydroxyl groups excluding tert-OH is 1. The lowest BCUT2D eigenvalue weighted by molar-refractivity contribution is 0.295. The van der Waals surface area contributed by atoms with Gasteiger partial charge in [0.05, 0.1) is 0 Å². The molecule has 1 aliphatic carbocycles. The van der Waals surface area contributed by atoms with Crippen LogP contribution < -0.4 is 0 Å². The predicted molar refractivity (Wildman–Crippen MR) is 38.0 cm³/mol. The summed E-state index contributed by atoms with van der Waals surface area (Å²) in [7, 11) is 0. The van der Waals surface area contributed by atoms with Crippen molar-refractivity contribution in [3.05, 3.63) is 5.92 Å². The fraction of sp³-hybridized carbons (Fsp3) is 0.875. The van der Waals surface area contributed by atoms with E-state index in [1.54, 1.807) is 0 Å². The molecule has 1 fully saturated rings. The van der Waals surface area contributed by atoms with Crippen molar-refractivity contribution in [3.63, 3.8) is 0 Å². The first-order chi connectivity index (χ1) is 4.43. The minimum Gasteiger partial charge on any atom is -0.396 e. The van der Waals surface area contributed by atoms with Gasteiger partial charge in [-0.05, 0) is 12.8 Å². The van der Waals surface area contributed by atoms with Gasteiger partial charge in [-0.15, -0.1) is 0 Å². The van der Waals surface area contributed by atoms with Crippen LogP contribution in [0, 0.1) is 5.92 Å². The van der Waals surface area contributed by atoms with E-state index in [0.717, 1.165) is 0 Å². The van der Waals surface area contributed by atoms with Crippen LogP contribution in [0.2, 0.25) is 0 Å². The molecule has 0 saturated heterocycles. The molecule has 0 amide bonds. The molecule has 1 nitrogen and oxygen atoms in total. The van der Waals surface area contributed by atoms with Gasteiger partial charge in [-0.3, -0.25) is 0 Å². The van der Waals surface area contributed by atoms with Crippen LogP contribution in [0.3, 0.4) is 0 Å². The Kier molecular flexibility index (Phi) is 3.05. The molecule has 1 radical (unpaired) electrons.